The molecule has 3 aromatic heterocycles. The van der Waals surface area contributed by atoms with Crippen molar-refractivity contribution in [2.75, 3.05) is 6.61 Å². The molecule has 2 aromatic carbocycles. The number of hydrogen-bond acceptors (Lipinski definition) is 4. The van der Waals surface area contributed by atoms with Gasteiger partial charge in [-0.25, -0.2) is 0 Å². The first kappa shape index (κ1) is 21.1. The third-order valence-electron chi connectivity index (χ3n) is 5.76. The Labute approximate surface area is 195 Å². The molecule has 0 aliphatic carbocycles. The minimum atomic E-state index is -0.511. The Bertz CT molecular complexity index is 1520. The first-order valence-electron chi connectivity index (χ1n) is 10.5. The van der Waals surface area contributed by atoms with Crippen LogP contribution in [-0.4, -0.2) is 31.5 Å². The summed E-state index contributed by atoms with van der Waals surface area (Å²) in [7, 11) is 0. The fourth-order valence-electron chi connectivity index (χ4n) is 4.10. The summed E-state index contributed by atoms with van der Waals surface area (Å²) in [5.41, 5.74) is 5.92. The number of aliphatic hydroxyl groups excluding tert-OH is 1. The topological polar surface area (TPSA) is 83.8 Å². The molecular weight excluding hydrogens is 436 g/mol. The Morgan fingerprint density at radius 1 is 1.03 bits per heavy atom. The molecule has 0 fully saturated rings. The van der Waals surface area contributed by atoms with Crippen molar-refractivity contribution in [2.24, 2.45) is 0 Å². The van der Waals surface area contributed by atoms with Crippen molar-refractivity contribution < 1.29 is 5.11 Å². The van der Waals surface area contributed by atoms with E-state index in [2.05, 4.69) is 15.2 Å². The molecule has 0 saturated carbocycles. The van der Waals surface area contributed by atoms with Crippen molar-refractivity contribution in [2.45, 2.75) is 13.0 Å². The van der Waals surface area contributed by atoms with E-state index in [4.69, 9.17) is 11.6 Å². The van der Waals surface area contributed by atoms with Gasteiger partial charge in [-0.2, -0.15) is 5.10 Å². The van der Waals surface area contributed by atoms with Crippen LogP contribution in [0.25, 0.3) is 33.3 Å². The number of pyridine rings is 2. The summed E-state index contributed by atoms with van der Waals surface area (Å²) in [6, 6.07) is 20.0. The number of benzene rings is 2. The molecule has 0 spiro atoms. The number of halogens is 1. The van der Waals surface area contributed by atoms with Gasteiger partial charge in [0.05, 0.1) is 18.2 Å². The summed E-state index contributed by atoms with van der Waals surface area (Å²) in [6.07, 6.45) is 3.48. The van der Waals surface area contributed by atoms with Crippen molar-refractivity contribution in [1.29, 1.82) is 0 Å². The van der Waals surface area contributed by atoms with Gasteiger partial charge < -0.3 is 9.67 Å². The van der Waals surface area contributed by atoms with Crippen LogP contribution in [0.15, 0.2) is 83.9 Å². The molecule has 0 amide bonds. The van der Waals surface area contributed by atoms with Gasteiger partial charge in [-0.1, -0.05) is 29.8 Å². The molecule has 164 valence electrons. The van der Waals surface area contributed by atoms with E-state index in [9.17, 15) is 9.90 Å². The maximum absolute atomic E-state index is 13.0. The second kappa shape index (κ2) is 8.65. The molecule has 1 atom stereocenters. The van der Waals surface area contributed by atoms with Crippen LogP contribution in [0.2, 0.25) is 5.02 Å². The highest BCUT2D eigenvalue weighted by Crippen LogP contribution is 2.30. The molecular formula is C26H21ClN4O2. The smallest absolute Gasteiger partial charge is 0.251 e. The van der Waals surface area contributed by atoms with Crippen LogP contribution in [0.1, 0.15) is 17.3 Å². The van der Waals surface area contributed by atoms with Crippen molar-refractivity contribution in [1.82, 2.24) is 19.7 Å². The summed E-state index contributed by atoms with van der Waals surface area (Å²) >= 11 is 6.10. The van der Waals surface area contributed by atoms with E-state index >= 15 is 0 Å². The van der Waals surface area contributed by atoms with Crippen LogP contribution >= 0.6 is 11.6 Å². The predicted molar refractivity (Wildman–Crippen MR) is 130 cm³/mol. The highest BCUT2D eigenvalue weighted by atomic mass is 35.5. The Kier molecular flexibility index (Phi) is 5.54. The molecule has 5 aromatic rings. The number of hydrogen-bond donors (Lipinski definition) is 2. The van der Waals surface area contributed by atoms with Gasteiger partial charge in [-0.05, 0) is 66.1 Å². The monoisotopic (exact) mass is 456 g/mol. The Morgan fingerprint density at radius 2 is 1.88 bits per heavy atom. The third-order valence-corrected chi connectivity index (χ3v) is 5.99. The molecule has 7 heteroatoms. The number of H-pyrrole nitrogens is 1. The second-order valence-electron chi connectivity index (χ2n) is 7.93. The van der Waals surface area contributed by atoms with Crippen molar-refractivity contribution in [3.63, 3.8) is 0 Å². The SMILES string of the molecule is Cc1cc(-c2n[nH]c3ccc(-c4ccn([C@H](CO)c5cccc(Cl)c5)c(=O)c4)cc23)ccn1. The van der Waals surface area contributed by atoms with E-state index in [0.717, 1.165) is 44.5 Å². The zero-order valence-corrected chi connectivity index (χ0v) is 18.6. The first-order chi connectivity index (χ1) is 16.0. The third kappa shape index (κ3) is 4.06. The summed E-state index contributed by atoms with van der Waals surface area (Å²) in [5.74, 6) is 0. The lowest BCUT2D eigenvalue weighted by Gasteiger charge is -2.18. The molecule has 2 N–H and O–H groups in total. The number of aliphatic hydroxyl groups is 1. The molecule has 5 rings (SSSR count). The Hall–Kier alpha value is -3.74. The van der Waals surface area contributed by atoms with Gasteiger partial charge in [-0.15, -0.1) is 0 Å². The van der Waals surface area contributed by atoms with Gasteiger partial charge in [-0.3, -0.25) is 14.9 Å². The molecule has 3 heterocycles. The van der Waals surface area contributed by atoms with Crippen LogP contribution in [0.5, 0.6) is 0 Å². The van der Waals surface area contributed by atoms with E-state index in [0.29, 0.717) is 5.02 Å². The van der Waals surface area contributed by atoms with E-state index in [1.165, 1.54) is 4.57 Å². The number of aromatic amines is 1. The molecule has 0 radical (unpaired) electrons. The number of nitrogens with zero attached hydrogens (tertiary/aromatic N) is 3. The van der Waals surface area contributed by atoms with Gasteiger partial charge in [0, 0.05) is 40.1 Å². The van der Waals surface area contributed by atoms with Crippen LogP contribution in [0.4, 0.5) is 0 Å². The Balaban J connectivity index is 1.55. The van der Waals surface area contributed by atoms with E-state index in [1.54, 1.807) is 30.6 Å². The highest BCUT2D eigenvalue weighted by molar-refractivity contribution is 6.30. The fraction of sp³-hybridized carbons (Fsp3) is 0.115. The number of rotatable bonds is 5. The van der Waals surface area contributed by atoms with Gasteiger partial charge in [0.1, 0.15) is 5.69 Å². The molecule has 0 aliphatic rings. The number of nitrogens with one attached hydrogen (secondary N) is 1. The van der Waals surface area contributed by atoms with Gasteiger partial charge in [0.2, 0.25) is 0 Å². The predicted octanol–water partition coefficient (Wildman–Crippen LogP) is 5.00. The van der Waals surface area contributed by atoms with Crippen LogP contribution in [0, 0.1) is 6.92 Å². The van der Waals surface area contributed by atoms with Gasteiger partial charge >= 0.3 is 0 Å². The molecule has 0 unspecified atom stereocenters. The summed E-state index contributed by atoms with van der Waals surface area (Å²) in [4.78, 5) is 17.3. The maximum Gasteiger partial charge on any atom is 0.251 e. The lowest BCUT2D eigenvalue weighted by molar-refractivity contribution is 0.247. The van der Waals surface area contributed by atoms with E-state index in [1.807, 2.05) is 55.5 Å². The lowest BCUT2D eigenvalue weighted by atomic mass is 10.0. The molecule has 0 bridgehead atoms. The molecule has 0 saturated heterocycles. The van der Waals surface area contributed by atoms with Gasteiger partial charge in [0.25, 0.3) is 5.56 Å². The highest BCUT2D eigenvalue weighted by Gasteiger charge is 2.16. The average Bonchev–Trinajstić information content (AvgIpc) is 3.24. The zero-order chi connectivity index (χ0) is 22.9. The average molecular weight is 457 g/mol. The van der Waals surface area contributed by atoms with E-state index < -0.39 is 6.04 Å². The quantitative estimate of drug-likeness (QED) is 0.390. The standard InChI is InChI=1S/C26H21ClN4O2/c1-16-11-20(7-9-28-16)26-22-13-17(5-6-23(22)29-30-26)18-8-10-31(25(33)14-18)24(15-32)19-3-2-4-21(27)12-19/h2-14,24,32H,15H2,1H3,(H,29,30)/t24-/m1/s1. The first-order valence-corrected chi connectivity index (χ1v) is 10.9. The second-order valence-corrected chi connectivity index (χ2v) is 8.37. The normalized spacial score (nSPS) is 12.2. The summed E-state index contributed by atoms with van der Waals surface area (Å²) in [6.45, 7) is 1.73. The molecule has 33 heavy (non-hydrogen) atoms. The Morgan fingerprint density at radius 3 is 2.64 bits per heavy atom. The molecule has 0 aliphatic heterocycles. The maximum atomic E-state index is 13.0. The zero-order valence-electron chi connectivity index (χ0n) is 17.9. The minimum absolute atomic E-state index is 0.205. The number of aromatic nitrogens is 4. The largest absolute Gasteiger partial charge is 0.394 e. The van der Waals surface area contributed by atoms with Crippen LogP contribution in [0.3, 0.4) is 0 Å². The van der Waals surface area contributed by atoms with Crippen molar-refractivity contribution in [3.05, 3.63) is 106 Å². The van der Waals surface area contributed by atoms with Crippen molar-refractivity contribution in [3.8, 4) is 22.4 Å². The summed E-state index contributed by atoms with van der Waals surface area (Å²) < 4.78 is 1.52. The van der Waals surface area contributed by atoms with Crippen LogP contribution < -0.4 is 5.56 Å². The summed E-state index contributed by atoms with van der Waals surface area (Å²) in [5, 5.41) is 19.1. The number of aryl methyl sites for hydroxylation is 1. The fourth-order valence-corrected chi connectivity index (χ4v) is 4.30. The molecule has 6 nitrogen and oxygen atoms in total. The lowest BCUT2D eigenvalue weighted by Crippen LogP contribution is -2.26. The van der Waals surface area contributed by atoms with Crippen LogP contribution in [-0.2, 0) is 0 Å². The minimum Gasteiger partial charge on any atom is -0.394 e. The van der Waals surface area contributed by atoms with E-state index in [-0.39, 0.29) is 12.2 Å². The number of fused-ring (bicyclic) bond motifs is 1. The van der Waals surface area contributed by atoms with Gasteiger partial charge in [0.15, 0.2) is 0 Å². The van der Waals surface area contributed by atoms with Crippen molar-refractivity contribution >= 4 is 22.5 Å².